The molecule has 1 aliphatic heterocycles. The minimum atomic E-state index is -0.260. The second-order valence-corrected chi connectivity index (χ2v) is 5.72. The van der Waals surface area contributed by atoms with Crippen LogP contribution in [0.25, 0.3) is 0 Å². The predicted molar refractivity (Wildman–Crippen MR) is 92.7 cm³/mol. The number of carbonyl (C=O) groups excluding carboxylic acids is 1. The van der Waals surface area contributed by atoms with Crippen LogP contribution in [0.1, 0.15) is 10.4 Å². The molecule has 126 valence electrons. The third-order valence-electron chi connectivity index (χ3n) is 4.04. The number of likely N-dealkylation sites (N-methyl/N-ethyl adjacent to an activating group) is 1. The molecule has 1 aromatic carbocycles. The SMILES string of the molecule is COc1ccccc1NC(=O)c1cnc(N2CCN(C)CC2)nc1. The Bertz CT molecular complexity index is 696. The average Bonchev–Trinajstić information content (AvgIpc) is 2.63. The lowest BCUT2D eigenvalue weighted by Crippen LogP contribution is -2.45. The Labute approximate surface area is 141 Å². The zero-order valence-electron chi connectivity index (χ0n) is 13.9. The van der Waals surface area contributed by atoms with E-state index >= 15 is 0 Å². The molecule has 0 atom stereocenters. The third-order valence-corrected chi connectivity index (χ3v) is 4.04. The number of hydrogen-bond acceptors (Lipinski definition) is 6. The summed E-state index contributed by atoms with van der Waals surface area (Å²) in [5.74, 6) is 1.02. The molecule has 1 saturated heterocycles. The normalized spacial score (nSPS) is 15.2. The van der Waals surface area contributed by atoms with E-state index in [0.717, 1.165) is 26.2 Å². The number of rotatable bonds is 4. The summed E-state index contributed by atoms with van der Waals surface area (Å²) >= 11 is 0. The maximum atomic E-state index is 12.3. The van der Waals surface area contributed by atoms with Gasteiger partial charge in [-0.1, -0.05) is 12.1 Å². The van der Waals surface area contributed by atoms with Gasteiger partial charge in [0.15, 0.2) is 0 Å². The first-order chi connectivity index (χ1) is 11.7. The fraction of sp³-hybridized carbons (Fsp3) is 0.353. The highest BCUT2D eigenvalue weighted by molar-refractivity contribution is 6.04. The highest BCUT2D eigenvalue weighted by Crippen LogP contribution is 2.23. The Hall–Kier alpha value is -2.67. The molecule has 24 heavy (non-hydrogen) atoms. The quantitative estimate of drug-likeness (QED) is 0.917. The van der Waals surface area contributed by atoms with Crippen molar-refractivity contribution in [1.29, 1.82) is 0 Å². The first-order valence-electron chi connectivity index (χ1n) is 7.87. The van der Waals surface area contributed by atoms with Crippen LogP contribution in [0.2, 0.25) is 0 Å². The van der Waals surface area contributed by atoms with Crippen molar-refractivity contribution in [3.8, 4) is 5.75 Å². The van der Waals surface area contributed by atoms with Gasteiger partial charge in [0.05, 0.1) is 18.4 Å². The van der Waals surface area contributed by atoms with Gasteiger partial charge in [-0.05, 0) is 19.2 Å². The van der Waals surface area contributed by atoms with Crippen molar-refractivity contribution in [3.63, 3.8) is 0 Å². The predicted octanol–water partition coefficient (Wildman–Crippen LogP) is 1.49. The van der Waals surface area contributed by atoms with E-state index in [9.17, 15) is 4.79 Å². The molecule has 1 aliphatic rings. The van der Waals surface area contributed by atoms with Crippen LogP contribution in [0, 0.1) is 0 Å². The lowest BCUT2D eigenvalue weighted by molar-refractivity contribution is 0.102. The number of benzene rings is 1. The summed E-state index contributed by atoms with van der Waals surface area (Å²) in [6, 6.07) is 7.27. The van der Waals surface area contributed by atoms with Gasteiger partial charge in [-0.25, -0.2) is 9.97 Å². The Balaban J connectivity index is 1.68. The monoisotopic (exact) mass is 327 g/mol. The molecule has 1 fully saturated rings. The number of amides is 1. The van der Waals surface area contributed by atoms with Gasteiger partial charge in [0.25, 0.3) is 5.91 Å². The summed E-state index contributed by atoms with van der Waals surface area (Å²) in [6.45, 7) is 3.76. The topological polar surface area (TPSA) is 70.6 Å². The van der Waals surface area contributed by atoms with E-state index in [1.807, 2.05) is 12.1 Å². The van der Waals surface area contributed by atoms with Crippen molar-refractivity contribution in [1.82, 2.24) is 14.9 Å². The molecule has 2 aromatic rings. The zero-order valence-corrected chi connectivity index (χ0v) is 13.9. The van der Waals surface area contributed by atoms with Crippen molar-refractivity contribution in [3.05, 3.63) is 42.2 Å². The minimum absolute atomic E-state index is 0.260. The summed E-state index contributed by atoms with van der Waals surface area (Å²) in [4.78, 5) is 25.4. The molecule has 7 heteroatoms. The molecule has 3 rings (SSSR count). The highest BCUT2D eigenvalue weighted by atomic mass is 16.5. The van der Waals surface area contributed by atoms with E-state index in [2.05, 4.69) is 32.1 Å². The molecular formula is C17H21N5O2. The number of aromatic nitrogens is 2. The van der Waals surface area contributed by atoms with Gasteiger partial charge < -0.3 is 19.9 Å². The van der Waals surface area contributed by atoms with E-state index in [4.69, 9.17) is 4.74 Å². The summed E-state index contributed by atoms with van der Waals surface area (Å²) in [5.41, 5.74) is 1.03. The van der Waals surface area contributed by atoms with Crippen LogP contribution in [0.4, 0.5) is 11.6 Å². The first-order valence-corrected chi connectivity index (χ1v) is 7.87. The van der Waals surface area contributed by atoms with Crippen LogP contribution in [0.3, 0.4) is 0 Å². The number of para-hydroxylation sites is 2. The van der Waals surface area contributed by atoms with Gasteiger partial charge >= 0.3 is 0 Å². The van der Waals surface area contributed by atoms with E-state index in [1.165, 1.54) is 0 Å². The minimum Gasteiger partial charge on any atom is -0.495 e. The van der Waals surface area contributed by atoms with Gasteiger partial charge in [-0.15, -0.1) is 0 Å². The summed E-state index contributed by atoms with van der Waals surface area (Å²) in [7, 11) is 3.67. The molecule has 0 radical (unpaired) electrons. The largest absolute Gasteiger partial charge is 0.495 e. The van der Waals surface area contributed by atoms with Crippen molar-refractivity contribution in [2.24, 2.45) is 0 Å². The standard InChI is InChI=1S/C17H21N5O2/c1-21-7-9-22(10-8-21)17-18-11-13(12-19-17)16(23)20-14-5-3-4-6-15(14)24-2/h3-6,11-12H,7-10H2,1-2H3,(H,20,23). The smallest absolute Gasteiger partial charge is 0.258 e. The lowest BCUT2D eigenvalue weighted by atomic mass is 10.2. The van der Waals surface area contributed by atoms with Crippen molar-refractivity contribution in [2.45, 2.75) is 0 Å². The number of nitrogens with one attached hydrogen (secondary N) is 1. The van der Waals surface area contributed by atoms with Crippen molar-refractivity contribution in [2.75, 3.05) is 50.6 Å². The lowest BCUT2D eigenvalue weighted by Gasteiger charge is -2.32. The van der Waals surface area contributed by atoms with Gasteiger partial charge in [0, 0.05) is 38.6 Å². The number of hydrogen-bond donors (Lipinski definition) is 1. The van der Waals surface area contributed by atoms with Crippen molar-refractivity contribution < 1.29 is 9.53 Å². The maximum absolute atomic E-state index is 12.3. The van der Waals surface area contributed by atoms with Crippen LogP contribution in [-0.2, 0) is 0 Å². The third kappa shape index (κ3) is 3.62. The Kier molecular flexibility index (Phi) is 4.90. The van der Waals surface area contributed by atoms with E-state index in [1.54, 1.807) is 31.6 Å². The van der Waals surface area contributed by atoms with E-state index < -0.39 is 0 Å². The van der Waals surface area contributed by atoms with Crippen LogP contribution in [-0.4, -0.2) is 61.1 Å². The van der Waals surface area contributed by atoms with Crippen LogP contribution < -0.4 is 15.0 Å². The number of carbonyl (C=O) groups is 1. The Morgan fingerprint density at radius 2 is 1.79 bits per heavy atom. The summed E-state index contributed by atoms with van der Waals surface area (Å²) in [5, 5.41) is 2.82. The molecule has 0 aliphatic carbocycles. The number of methoxy groups -OCH3 is 1. The van der Waals surface area contributed by atoms with Crippen molar-refractivity contribution >= 4 is 17.5 Å². The molecule has 1 N–H and O–H groups in total. The molecule has 0 saturated carbocycles. The molecule has 2 heterocycles. The zero-order chi connectivity index (χ0) is 16.9. The second-order valence-electron chi connectivity index (χ2n) is 5.72. The Morgan fingerprint density at radius 1 is 1.12 bits per heavy atom. The van der Waals surface area contributed by atoms with E-state index in [-0.39, 0.29) is 5.91 Å². The molecule has 0 bridgehead atoms. The van der Waals surface area contributed by atoms with Gasteiger partial charge in [-0.3, -0.25) is 4.79 Å². The number of piperazine rings is 1. The van der Waals surface area contributed by atoms with Crippen LogP contribution in [0.15, 0.2) is 36.7 Å². The molecule has 0 spiro atoms. The highest BCUT2D eigenvalue weighted by Gasteiger charge is 2.17. The molecular weight excluding hydrogens is 306 g/mol. The average molecular weight is 327 g/mol. The molecule has 7 nitrogen and oxygen atoms in total. The van der Waals surface area contributed by atoms with Crippen LogP contribution >= 0.6 is 0 Å². The van der Waals surface area contributed by atoms with Gasteiger partial charge in [-0.2, -0.15) is 0 Å². The number of nitrogens with zero attached hydrogens (tertiary/aromatic N) is 4. The first kappa shape index (κ1) is 16.2. The molecule has 1 aromatic heterocycles. The molecule has 0 unspecified atom stereocenters. The van der Waals surface area contributed by atoms with E-state index in [0.29, 0.717) is 22.9 Å². The Morgan fingerprint density at radius 3 is 2.46 bits per heavy atom. The molecule has 1 amide bonds. The fourth-order valence-electron chi connectivity index (χ4n) is 2.55. The number of anilines is 2. The second kappa shape index (κ2) is 7.27. The van der Waals surface area contributed by atoms with Crippen LogP contribution in [0.5, 0.6) is 5.75 Å². The number of ether oxygens (including phenoxy) is 1. The fourth-order valence-corrected chi connectivity index (χ4v) is 2.55. The maximum Gasteiger partial charge on any atom is 0.258 e. The van der Waals surface area contributed by atoms with Gasteiger partial charge in [0.1, 0.15) is 5.75 Å². The van der Waals surface area contributed by atoms with Gasteiger partial charge in [0.2, 0.25) is 5.95 Å². The summed E-state index contributed by atoms with van der Waals surface area (Å²) < 4.78 is 5.23. The summed E-state index contributed by atoms with van der Waals surface area (Å²) in [6.07, 6.45) is 3.12.